The van der Waals surface area contributed by atoms with Gasteiger partial charge in [0.15, 0.2) is 0 Å². The Labute approximate surface area is 102 Å². The van der Waals surface area contributed by atoms with Crippen molar-refractivity contribution in [2.75, 3.05) is 13.2 Å². The number of ether oxygens (including phenoxy) is 1. The van der Waals surface area contributed by atoms with Crippen LogP contribution in [0.3, 0.4) is 0 Å². The molecule has 1 aromatic rings. The molecule has 0 spiro atoms. The highest BCUT2D eigenvalue weighted by atomic mass is 16.5. The molecule has 1 amide bonds. The van der Waals surface area contributed by atoms with Crippen molar-refractivity contribution in [1.82, 2.24) is 5.32 Å². The van der Waals surface area contributed by atoms with E-state index in [9.17, 15) is 4.79 Å². The molecule has 0 aliphatic rings. The van der Waals surface area contributed by atoms with E-state index in [4.69, 9.17) is 10.5 Å². The third-order valence-corrected chi connectivity index (χ3v) is 2.50. The van der Waals surface area contributed by atoms with Crippen LogP contribution < -0.4 is 11.1 Å². The molecule has 0 saturated heterocycles. The number of nitrogens with one attached hydrogen (secondary N) is 1. The Hall–Kier alpha value is -1.39. The van der Waals surface area contributed by atoms with Gasteiger partial charge < -0.3 is 15.8 Å². The number of carbonyl (C=O) groups is 1. The summed E-state index contributed by atoms with van der Waals surface area (Å²) in [6, 6.07) is 9.73. The fourth-order valence-electron chi connectivity index (χ4n) is 1.52. The fraction of sp³-hybridized carbons (Fsp3) is 0.462. The fourth-order valence-corrected chi connectivity index (χ4v) is 1.52. The maximum Gasteiger partial charge on any atom is 0.234 e. The molecule has 1 atom stereocenters. The van der Waals surface area contributed by atoms with E-state index in [1.807, 2.05) is 37.3 Å². The lowest BCUT2D eigenvalue weighted by molar-refractivity contribution is -0.120. The van der Waals surface area contributed by atoms with Crippen molar-refractivity contribution in [1.29, 1.82) is 0 Å². The molecule has 4 heteroatoms. The normalized spacial score (nSPS) is 12.3. The number of nitrogens with two attached hydrogens (primary N) is 1. The predicted octanol–water partition coefficient (Wildman–Crippen LogP) is 1.06. The summed E-state index contributed by atoms with van der Waals surface area (Å²) in [6.45, 7) is 3.72. The van der Waals surface area contributed by atoms with Gasteiger partial charge in [0.1, 0.15) is 0 Å². The van der Waals surface area contributed by atoms with Crippen LogP contribution in [0, 0.1) is 0 Å². The van der Waals surface area contributed by atoms with Crippen LogP contribution in [0.4, 0.5) is 0 Å². The lowest BCUT2D eigenvalue weighted by atomic mass is 10.2. The zero-order valence-corrected chi connectivity index (χ0v) is 10.2. The number of amides is 1. The molecule has 0 aromatic heterocycles. The number of benzene rings is 1. The van der Waals surface area contributed by atoms with Crippen molar-refractivity contribution in [2.24, 2.45) is 5.73 Å². The van der Waals surface area contributed by atoms with E-state index in [2.05, 4.69) is 5.32 Å². The largest absolute Gasteiger partial charge is 0.375 e. The molecule has 1 unspecified atom stereocenters. The first-order chi connectivity index (χ1) is 8.24. The molecular weight excluding hydrogens is 216 g/mol. The lowest BCUT2D eigenvalue weighted by Crippen LogP contribution is -2.42. The standard InChI is InChI=1S/C13H20N2O2/c1-2-12(13(14)16)15-8-9-17-10-11-6-4-3-5-7-11/h3-7,12,15H,2,8-10H2,1H3,(H2,14,16). The SMILES string of the molecule is CCC(NCCOCc1ccccc1)C(N)=O. The molecule has 0 bridgehead atoms. The van der Waals surface area contributed by atoms with Crippen LogP contribution >= 0.6 is 0 Å². The third-order valence-electron chi connectivity index (χ3n) is 2.50. The summed E-state index contributed by atoms with van der Waals surface area (Å²) in [7, 11) is 0. The van der Waals surface area contributed by atoms with Crippen molar-refractivity contribution < 1.29 is 9.53 Å². The van der Waals surface area contributed by atoms with E-state index in [0.29, 0.717) is 26.2 Å². The lowest BCUT2D eigenvalue weighted by Gasteiger charge is -2.13. The molecule has 0 radical (unpaired) electrons. The average molecular weight is 236 g/mol. The van der Waals surface area contributed by atoms with Gasteiger partial charge in [-0.05, 0) is 12.0 Å². The second-order valence-electron chi connectivity index (χ2n) is 3.86. The van der Waals surface area contributed by atoms with Gasteiger partial charge in [-0.15, -0.1) is 0 Å². The van der Waals surface area contributed by atoms with E-state index >= 15 is 0 Å². The zero-order chi connectivity index (χ0) is 12.5. The van der Waals surface area contributed by atoms with E-state index in [1.54, 1.807) is 0 Å². The highest BCUT2D eigenvalue weighted by Crippen LogP contribution is 1.99. The predicted molar refractivity (Wildman–Crippen MR) is 67.4 cm³/mol. The van der Waals surface area contributed by atoms with Gasteiger partial charge in [-0.2, -0.15) is 0 Å². The van der Waals surface area contributed by atoms with Crippen LogP contribution in [0.25, 0.3) is 0 Å². The van der Waals surface area contributed by atoms with Gasteiger partial charge in [-0.25, -0.2) is 0 Å². The van der Waals surface area contributed by atoms with E-state index in [1.165, 1.54) is 0 Å². The monoisotopic (exact) mass is 236 g/mol. The molecule has 17 heavy (non-hydrogen) atoms. The second-order valence-corrected chi connectivity index (χ2v) is 3.86. The second kappa shape index (κ2) is 7.81. The first-order valence-corrected chi connectivity index (χ1v) is 5.88. The molecule has 4 nitrogen and oxygen atoms in total. The molecule has 0 aliphatic heterocycles. The highest BCUT2D eigenvalue weighted by Gasteiger charge is 2.10. The summed E-state index contributed by atoms with van der Waals surface area (Å²) < 4.78 is 5.48. The van der Waals surface area contributed by atoms with Gasteiger partial charge in [-0.1, -0.05) is 37.3 Å². The van der Waals surface area contributed by atoms with Crippen LogP contribution in [-0.2, 0) is 16.1 Å². The highest BCUT2D eigenvalue weighted by molar-refractivity contribution is 5.79. The summed E-state index contributed by atoms with van der Waals surface area (Å²) >= 11 is 0. The molecule has 3 N–H and O–H groups in total. The van der Waals surface area contributed by atoms with Crippen molar-refractivity contribution in [2.45, 2.75) is 26.0 Å². The third kappa shape index (κ3) is 5.47. The van der Waals surface area contributed by atoms with Crippen LogP contribution in [0.1, 0.15) is 18.9 Å². The van der Waals surface area contributed by atoms with E-state index < -0.39 is 0 Å². The number of rotatable bonds is 8. The molecule has 1 aromatic carbocycles. The van der Waals surface area contributed by atoms with Crippen molar-refractivity contribution >= 4 is 5.91 Å². The summed E-state index contributed by atoms with van der Waals surface area (Å²) in [4.78, 5) is 10.9. The van der Waals surface area contributed by atoms with Crippen LogP contribution in [0.5, 0.6) is 0 Å². The molecule has 1 rings (SSSR count). The molecule has 0 fully saturated rings. The van der Waals surface area contributed by atoms with Gasteiger partial charge in [0.05, 0.1) is 19.3 Å². The zero-order valence-electron chi connectivity index (χ0n) is 10.2. The Bertz CT molecular complexity index is 327. The minimum absolute atomic E-state index is 0.254. The Morgan fingerprint density at radius 1 is 1.41 bits per heavy atom. The average Bonchev–Trinajstić information content (AvgIpc) is 2.34. The van der Waals surface area contributed by atoms with Gasteiger partial charge in [0.25, 0.3) is 0 Å². The first-order valence-electron chi connectivity index (χ1n) is 5.88. The molecule has 94 valence electrons. The summed E-state index contributed by atoms with van der Waals surface area (Å²) in [5.74, 6) is -0.310. The maximum atomic E-state index is 10.9. The Morgan fingerprint density at radius 3 is 2.71 bits per heavy atom. The molecular formula is C13H20N2O2. The molecule has 0 heterocycles. The van der Waals surface area contributed by atoms with Gasteiger partial charge in [0.2, 0.25) is 5.91 Å². The summed E-state index contributed by atoms with van der Waals surface area (Å²) in [6.07, 6.45) is 0.702. The minimum Gasteiger partial charge on any atom is -0.375 e. The van der Waals surface area contributed by atoms with E-state index in [-0.39, 0.29) is 11.9 Å². The Kier molecular flexibility index (Phi) is 6.29. The number of hydrogen-bond donors (Lipinski definition) is 2. The Balaban J connectivity index is 2.10. The summed E-state index contributed by atoms with van der Waals surface area (Å²) in [5.41, 5.74) is 6.36. The number of carbonyl (C=O) groups excluding carboxylic acids is 1. The van der Waals surface area contributed by atoms with Crippen molar-refractivity contribution in [3.05, 3.63) is 35.9 Å². The minimum atomic E-state index is -0.310. The Morgan fingerprint density at radius 2 is 2.12 bits per heavy atom. The van der Waals surface area contributed by atoms with Crippen molar-refractivity contribution in [3.8, 4) is 0 Å². The smallest absolute Gasteiger partial charge is 0.234 e. The van der Waals surface area contributed by atoms with Crippen LogP contribution in [0.2, 0.25) is 0 Å². The van der Waals surface area contributed by atoms with Gasteiger partial charge >= 0.3 is 0 Å². The van der Waals surface area contributed by atoms with Crippen LogP contribution in [0.15, 0.2) is 30.3 Å². The molecule has 0 saturated carbocycles. The van der Waals surface area contributed by atoms with Crippen LogP contribution in [-0.4, -0.2) is 25.1 Å². The topological polar surface area (TPSA) is 64.3 Å². The number of primary amides is 1. The maximum absolute atomic E-state index is 10.9. The van der Waals surface area contributed by atoms with Gasteiger partial charge in [-0.3, -0.25) is 4.79 Å². The summed E-state index contributed by atoms with van der Waals surface area (Å²) in [5, 5.41) is 3.06. The van der Waals surface area contributed by atoms with Gasteiger partial charge in [0, 0.05) is 6.54 Å². The molecule has 0 aliphatic carbocycles. The van der Waals surface area contributed by atoms with Crippen molar-refractivity contribution in [3.63, 3.8) is 0 Å². The quantitative estimate of drug-likeness (QED) is 0.663. The number of hydrogen-bond acceptors (Lipinski definition) is 3. The van der Waals surface area contributed by atoms with E-state index in [0.717, 1.165) is 5.56 Å². The first kappa shape index (κ1) is 13.7.